The minimum atomic E-state index is -0.897. The van der Waals surface area contributed by atoms with Crippen molar-refractivity contribution in [2.24, 2.45) is 0 Å². The Morgan fingerprint density at radius 3 is 2.68 bits per heavy atom. The van der Waals surface area contributed by atoms with Crippen LogP contribution >= 0.6 is 0 Å². The van der Waals surface area contributed by atoms with Crippen LogP contribution in [0.1, 0.15) is 25.0 Å². The summed E-state index contributed by atoms with van der Waals surface area (Å²) in [6.45, 7) is 3.37. The van der Waals surface area contributed by atoms with Gasteiger partial charge in [-0.1, -0.05) is 0 Å². The molecule has 0 bridgehead atoms. The SMILES string of the molecule is Cc1c(OCC(=O)N2CCCC2)c(O)cc[n+]1CCC(=O)O. The molecule has 22 heavy (non-hydrogen) atoms. The van der Waals surface area contributed by atoms with Crippen LogP contribution in [0.4, 0.5) is 0 Å². The van der Waals surface area contributed by atoms with Gasteiger partial charge in [-0.25, -0.2) is 0 Å². The van der Waals surface area contributed by atoms with Crippen molar-refractivity contribution >= 4 is 11.9 Å². The van der Waals surface area contributed by atoms with Crippen LogP contribution in [0, 0.1) is 6.92 Å². The lowest BCUT2D eigenvalue weighted by molar-refractivity contribution is -0.702. The largest absolute Gasteiger partial charge is 0.504 e. The fourth-order valence-corrected chi connectivity index (χ4v) is 2.49. The number of hydrogen-bond donors (Lipinski definition) is 2. The van der Waals surface area contributed by atoms with Gasteiger partial charge in [-0.05, 0) is 12.8 Å². The van der Waals surface area contributed by atoms with Crippen LogP contribution in [-0.4, -0.2) is 46.7 Å². The normalized spacial score (nSPS) is 14.1. The van der Waals surface area contributed by atoms with E-state index < -0.39 is 5.97 Å². The molecule has 1 aromatic rings. The maximum absolute atomic E-state index is 12.0. The first-order valence-corrected chi connectivity index (χ1v) is 7.33. The number of carbonyl (C=O) groups is 2. The van der Waals surface area contributed by atoms with Gasteiger partial charge >= 0.3 is 5.97 Å². The Kier molecular flexibility index (Phi) is 5.19. The van der Waals surface area contributed by atoms with Crippen LogP contribution in [0.2, 0.25) is 0 Å². The highest BCUT2D eigenvalue weighted by atomic mass is 16.5. The fraction of sp³-hybridized carbons (Fsp3) is 0.533. The Morgan fingerprint density at radius 1 is 1.36 bits per heavy atom. The Labute approximate surface area is 128 Å². The van der Waals surface area contributed by atoms with Crippen molar-refractivity contribution in [3.05, 3.63) is 18.0 Å². The molecule has 1 aromatic heterocycles. The first kappa shape index (κ1) is 16.1. The summed E-state index contributed by atoms with van der Waals surface area (Å²) in [5.41, 5.74) is 0.593. The number of hydrogen-bond acceptors (Lipinski definition) is 4. The number of amides is 1. The van der Waals surface area contributed by atoms with E-state index in [4.69, 9.17) is 9.84 Å². The number of pyridine rings is 1. The number of nitrogens with zero attached hydrogens (tertiary/aromatic N) is 2. The van der Waals surface area contributed by atoms with E-state index in [0.29, 0.717) is 5.69 Å². The molecule has 1 amide bonds. The smallest absolute Gasteiger partial charge is 0.309 e. The van der Waals surface area contributed by atoms with E-state index in [2.05, 4.69) is 0 Å². The number of carbonyl (C=O) groups excluding carboxylic acids is 1. The van der Waals surface area contributed by atoms with E-state index >= 15 is 0 Å². The summed E-state index contributed by atoms with van der Waals surface area (Å²) in [4.78, 5) is 24.4. The van der Waals surface area contributed by atoms with Crippen molar-refractivity contribution in [1.82, 2.24) is 4.90 Å². The van der Waals surface area contributed by atoms with Crippen molar-refractivity contribution in [2.75, 3.05) is 19.7 Å². The van der Waals surface area contributed by atoms with Crippen molar-refractivity contribution in [1.29, 1.82) is 0 Å². The second kappa shape index (κ2) is 7.11. The Balaban J connectivity index is 2.04. The van der Waals surface area contributed by atoms with Gasteiger partial charge in [-0.15, -0.1) is 0 Å². The molecule has 2 heterocycles. The lowest BCUT2D eigenvalue weighted by Gasteiger charge is -2.16. The third kappa shape index (κ3) is 3.87. The monoisotopic (exact) mass is 309 g/mol. The summed E-state index contributed by atoms with van der Waals surface area (Å²) in [5, 5.41) is 18.6. The maximum Gasteiger partial charge on any atom is 0.309 e. The van der Waals surface area contributed by atoms with E-state index in [9.17, 15) is 14.7 Å². The Bertz CT molecular complexity index is 567. The van der Waals surface area contributed by atoms with Gasteiger partial charge in [0.05, 0.1) is 0 Å². The van der Waals surface area contributed by atoms with E-state index in [1.165, 1.54) is 6.07 Å². The zero-order valence-electron chi connectivity index (χ0n) is 12.6. The molecule has 2 N–H and O–H groups in total. The molecule has 0 radical (unpaired) electrons. The highest BCUT2D eigenvalue weighted by Crippen LogP contribution is 2.27. The van der Waals surface area contributed by atoms with Crippen LogP contribution < -0.4 is 9.30 Å². The van der Waals surface area contributed by atoms with Gasteiger partial charge < -0.3 is 19.8 Å². The van der Waals surface area contributed by atoms with Gasteiger partial charge in [0.1, 0.15) is 6.42 Å². The van der Waals surface area contributed by atoms with Gasteiger partial charge in [-0.2, -0.15) is 4.57 Å². The topological polar surface area (TPSA) is 91.0 Å². The Hall–Kier alpha value is -2.31. The molecular weight excluding hydrogens is 288 g/mol. The third-order valence-electron chi connectivity index (χ3n) is 3.77. The van der Waals surface area contributed by atoms with Crippen molar-refractivity contribution in [2.45, 2.75) is 32.7 Å². The van der Waals surface area contributed by atoms with E-state index in [1.54, 1.807) is 22.6 Å². The number of aromatic nitrogens is 1. The molecule has 0 aliphatic carbocycles. The predicted molar refractivity (Wildman–Crippen MR) is 76.6 cm³/mol. The molecule has 2 rings (SSSR count). The highest BCUT2D eigenvalue weighted by molar-refractivity contribution is 5.78. The lowest BCUT2D eigenvalue weighted by Crippen LogP contribution is -2.38. The standard InChI is InChI=1S/C15H20N2O5/c1-11-15(22-10-13(19)17-6-2-3-7-17)12(18)4-8-16(11)9-5-14(20)21/h4,8H,2-3,5-7,9-10H2,1H3,(H,20,21)/p+1. The second-order valence-electron chi connectivity index (χ2n) is 5.33. The summed E-state index contributed by atoms with van der Waals surface area (Å²) < 4.78 is 7.16. The molecule has 1 aliphatic heterocycles. The molecule has 0 saturated carbocycles. The fourth-order valence-electron chi connectivity index (χ4n) is 2.49. The zero-order chi connectivity index (χ0) is 16.1. The number of carboxylic acid groups (broad SMARTS) is 1. The van der Waals surface area contributed by atoms with Crippen LogP contribution in [0.3, 0.4) is 0 Å². The van der Waals surface area contributed by atoms with Gasteiger partial charge in [0.2, 0.25) is 11.4 Å². The van der Waals surface area contributed by atoms with Crippen molar-refractivity contribution < 1.29 is 29.1 Å². The molecular formula is C15H21N2O5+. The molecule has 0 unspecified atom stereocenters. The first-order chi connectivity index (χ1) is 10.5. The molecule has 1 saturated heterocycles. The molecule has 7 heteroatoms. The van der Waals surface area contributed by atoms with Gasteiger partial charge in [-0.3, -0.25) is 9.59 Å². The first-order valence-electron chi connectivity index (χ1n) is 7.33. The van der Waals surface area contributed by atoms with Gasteiger partial charge in [0.15, 0.2) is 25.1 Å². The maximum atomic E-state index is 12.0. The van der Waals surface area contributed by atoms with E-state index in [0.717, 1.165) is 25.9 Å². The number of likely N-dealkylation sites (tertiary alicyclic amines) is 1. The molecule has 0 spiro atoms. The number of aromatic hydroxyl groups is 1. The van der Waals surface area contributed by atoms with Crippen LogP contribution in [-0.2, 0) is 16.1 Å². The van der Waals surface area contributed by atoms with Gasteiger partial charge in [0.25, 0.3) is 5.91 Å². The second-order valence-corrected chi connectivity index (χ2v) is 5.33. The number of aliphatic carboxylic acids is 1. The number of rotatable bonds is 6. The van der Waals surface area contributed by atoms with Crippen LogP contribution in [0.15, 0.2) is 12.3 Å². The summed E-state index contributed by atoms with van der Waals surface area (Å²) in [6.07, 6.45) is 3.60. The molecule has 0 aromatic carbocycles. The average molecular weight is 309 g/mol. The van der Waals surface area contributed by atoms with Gasteiger partial charge in [0, 0.05) is 26.1 Å². The van der Waals surface area contributed by atoms with Crippen LogP contribution in [0.5, 0.6) is 11.5 Å². The molecule has 1 aliphatic rings. The predicted octanol–water partition coefficient (Wildman–Crippen LogP) is 0.464. The summed E-state index contributed by atoms with van der Waals surface area (Å²) in [6, 6.07) is 1.44. The number of ether oxygens (including phenoxy) is 1. The quantitative estimate of drug-likeness (QED) is 0.745. The lowest BCUT2D eigenvalue weighted by atomic mass is 10.3. The van der Waals surface area contributed by atoms with Crippen molar-refractivity contribution in [3.63, 3.8) is 0 Å². The highest BCUT2D eigenvalue weighted by Gasteiger charge is 2.22. The molecule has 7 nitrogen and oxygen atoms in total. The average Bonchev–Trinajstić information content (AvgIpc) is 3.00. The number of aryl methyl sites for hydroxylation is 1. The Morgan fingerprint density at radius 2 is 2.05 bits per heavy atom. The van der Waals surface area contributed by atoms with E-state index in [1.807, 2.05) is 0 Å². The molecule has 0 atom stereocenters. The minimum Gasteiger partial charge on any atom is -0.504 e. The number of carboxylic acids is 1. The molecule has 120 valence electrons. The summed E-state index contributed by atoms with van der Waals surface area (Å²) in [5.74, 6) is -0.831. The summed E-state index contributed by atoms with van der Waals surface area (Å²) in [7, 11) is 0. The van der Waals surface area contributed by atoms with Crippen LogP contribution in [0.25, 0.3) is 0 Å². The zero-order valence-corrected chi connectivity index (χ0v) is 12.6. The molecule has 1 fully saturated rings. The minimum absolute atomic E-state index is 0.0254. The third-order valence-corrected chi connectivity index (χ3v) is 3.77. The van der Waals surface area contributed by atoms with E-state index in [-0.39, 0.29) is 37.0 Å². The van der Waals surface area contributed by atoms with Crippen molar-refractivity contribution in [3.8, 4) is 11.5 Å². The summed E-state index contributed by atoms with van der Waals surface area (Å²) >= 11 is 0.